The molecule has 1 saturated heterocycles. The molecule has 1 aliphatic rings. The highest BCUT2D eigenvalue weighted by Crippen LogP contribution is 2.12. The maximum atomic E-state index is 11.2. The van der Waals surface area contributed by atoms with Crippen LogP contribution in [0.25, 0.3) is 0 Å². The van der Waals surface area contributed by atoms with Gasteiger partial charge in [0.1, 0.15) is 0 Å². The second kappa shape index (κ2) is 4.34. The zero-order valence-electron chi connectivity index (χ0n) is 6.75. The molecule has 1 fully saturated rings. The Morgan fingerprint density at radius 1 is 1.55 bits per heavy atom. The molecular weight excluding hydrogens is 140 g/mol. The second-order valence-electron chi connectivity index (χ2n) is 2.80. The molecule has 11 heavy (non-hydrogen) atoms. The van der Waals surface area contributed by atoms with E-state index in [1.807, 2.05) is 6.54 Å². The first kappa shape index (κ1) is 8.53. The average molecular weight is 155 g/mol. The van der Waals surface area contributed by atoms with Gasteiger partial charge >= 0.3 is 0 Å². The number of hydrogen-bond donors (Lipinski definition) is 1. The van der Waals surface area contributed by atoms with Crippen molar-refractivity contribution in [2.75, 3.05) is 13.1 Å². The first-order chi connectivity index (χ1) is 5.34. The molecule has 1 aliphatic heterocycles. The molecule has 0 aliphatic carbocycles. The molecule has 0 saturated carbocycles. The third-order valence-electron chi connectivity index (χ3n) is 1.88. The summed E-state index contributed by atoms with van der Waals surface area (Å²) < 4.78 is 0. The highest BCUT2D eigenvalue weighted by Gasteiger charge is 2.15. The lowest BCUT2D eigenvalue weighted by atomic mass is 10.1. The van der Waals surface area contributed by atoms with E-state index < -0.39 is 0 Å². The van der Waals surface area contributed by atoms with Crippen molar-refractivity contribution in [1.29, 1.82) is 0 Å². The molecule has 63 valence electrons. The molecule has 1 rings (SSSR count). The van der Waals surface area contributed by atoms with Gasteiger partial charge in [-0.1, -0.05) is 0 Å². The molecular formula is C8H15N2O. The number of carbonyl (C=O) groups is 1. The molecule has 1 amide bonds. The molecule has 2 N–H and O–H groups in total. The van der Waals surface area contributed by atoms with Crippen LogP contribution in [-0.4, -0.2) is 23.9 Å². The van der Waals surface area contributed by atoms with Crippen LogP contribution in [0, 0.1) is 6.54 Å². The Labute approximate surface area is 67.5 Å². The average Bonchev–Trinajstić information content (AvgIpc) is 2.07. The van der Waals surface area contributed by atoms with Crippen LogP contribution in [0.3, 0.4) is 0 Å². The summed E-state index contributed by atoms with van der Waals surface area (Å²) in [5.41, 5.74) is 5.27. The standard InChI is InChI=1S/C8H15N2O/c9-5-4-8(11)10-6-2-1-3-7-10/h6H,1-5,7,9H2. The van der Waals surface area contributed by atoms with Gasteiger partial charge in [0, 0.05) is 19.5 Å². The van der Waals surface area contributed by atoms with E-state index in [4.69, 9.17) is 5.73 Å². The van der Waals surface area contributed by atoms with E-state index in [1.54, 1.807) is 4.90 Å². The van der Waals surface area contributed by atoms with Gasteiger partial charge in [0.2, 0.25) is 5.91 Å². The summed E-state index contributed by atoms with van der Waals surface area (Å²) in [6, 6.07) is 0. The number of nitrogens with zero attached hydrogens (tertiary/aromatic N) is 1. The van der Waals surface area contributed by atoms with Gasteiger partial charge in [-0.05, 0) is 19.3 Å². The van der Waals surface area contributed by atoms with Crippen molar-refractivity contribution in [2.24, 2.45) is 5.73 Å². The highest BCUT2D eigenvalue weighted by molar-refractivity contribution is 5.77. The van der Waals surface area contributed by atoms with E-state index in [0.717, 1.165) is 19.4 Å². The monoisotopic (exact) mass is 155 g/mol. The van der Waals surface area contributed by atoms with E-state index in [-0.39, 0.29) is 5.91 Å². The number of carbonyl (C=O) groups excluding carboxylic acids is 1. The molecule has 0 aromatic carbocycles. The van der Waals surface area contributed by atoms with Gasteiger partial charge in [-0.2, -0.15) is 0 Å². The SMILES string of the molecule is NCCC(=O)N1[CH]CCCC1. The minimum Gasteiger partial charge on any atom is -0.338 e. The Hall–Kier alpha value is -0.570. The van der Waals surface area contributed by atoms with E-state index in [0.29, 0.717) is 13.0 Å². The number of amides is 1. The number of rotatable bonds is 2. The third kappa shape index (κ3) is 2.50. The smallest absolute Gasteiger partial charge is 0.224 e. The lowest BCUT2D eigenvalue weighted by Crippen LogP contribution is -2.33. The Kier molecular flexibility index (Phi) is 3.36. The first-order valence-electron chi connectivity index (χ1n) is 4.17. The molecule has 0 atom stereocenters. The summed E-state index contributed by atoms with van der Waals surface area (Å²) in [6.07, 6.45) is 3.87. The van der Waals surface area contributed by atoms with E-state index in [9.17, 15) is 4.79 Å². The summed E-state index contributed by atoms with van der Waals surface area (Å²) in [5.74, 6) is 0.173. The van der Waals surface area contributed by atoms with Crippen LogP contribution in [0.1, 0.15) is 25.7 Å². The lowest BCUT2D eigenvalue weighted by molar-refractivity contribution is -0.130. The zero-order chi connectivity index (χ0) is 8.10. The lowest BCUT2D eigenvalue weighted by Gasteiger charge is -2.25. The normalized spacial score (nSPS) is 18.5. The van der Waals surface area contributed by atoms with E-state index in [2.05, 4.69) is 0 Å². The van der Waals surface area contributed by atoms with Gasteiger partial charge in [0.05, 0.1) is 6.54 Å². The predicted octanol–water partition coefficient (Wildman–Crippen LogP) is 0.509. The minimum absolute atomic E-state index is 0.173. The van der Waals surface area contributed by atoms with E-state index in [1.165, 1.54) is 6.42 Å². The number of piperidine rings is 1. The molecule has 3 nitrogen and oxygen atoms in total. The molecule has 0 aromatic rings. The molecule has 1 radical (unpaired) electrons. The zero-order valence-corrected chi connectivity index (χ0v) is 6.75. The van der Waals surface area contributed by atoms with Crippen LogP contribution in [0.4, 0.5) is 0 Å². The second-order valence-corrected chi connectivity index (χ2v) is 2.80. The Balaban J connectivity index is 2.27. The van der Waals surface area contributed by atoms with Crippen LogP contribution in [0.2, 0.25) is 0 Å². The van der Waals surface area contributed by atoms with Gasteiger partial charge in [0.15, 0.2) is 0 Å². The van der Waals surface area contributed by atoms with Crippen molar-refractivity contribution in [2.45, 2.75) is 25.7 Å². The maximum Gasteiger partial charge on any atom is 0.224 e. The van der Waals surface area contributed by atoms with Crippen molar-refractivity contribution in [3.63, 3.8) is 0 Å². The molecule has 0 bridgehead atoms. The van der Waals surface area contributed by atoms with Gasteiger partial charge in [-0.3, -0.25) is 4.79 Å². The van der Waals surface area contributed by atoms with Crippen LogP contribution >= 0.6 is 0 Å². The fourth-order valence-corrected chi connectivity index (χ4v) is 1.26. The predicted molar refractivity (Wildman–Crippen MR) is 43.5 cm³/mol. The van der Waals surface area contributed by atoms with E-state index >= 15 is 0 Å². The van der Waals surface area contributed by atoms with Crippen LogP contribution in [0.5, 0.6) is 0 Å². The maximum absolute atomic E-state index is 11.2. The van der Waals surface area contributed by atoms with Crippen molar-refractivity contribution in [1.82, 2.24) is 4.90 Å². The Morgan fingerprint density at radius 2 is 2.36 bits per heavy atom. The summed E-state index contributed by atoms with van der Waals surface area (Å²) in [6.45, 7) is 3.34. The van der Waals surface area contributed by atoms with Crippen molar-refractivity contribution >= 4 is 5.91 Å². The summed E-state index contributed by atoms with van der Waals surface area (Å²) in [7, 11) is 0. The van der Waals surface area contributed by atoms with Gasteiger partial charge in [-0.15, -0.1) is 0 Å². The summed E-state index contributed by atoms with van der Waals surface area (Å²) in [5, 5.41) is 0. The fraction of sp³-hybridized carbons (Fsp3) is 0.750. The van der Waals surface area contributed by atoms with Crippen LogP contribution in [0.15, 0.2) is 0 Å². The van der Waals surface area contributed by atoms with Crippen LogP contribution < -0.4 is 5.73 Å². The van der Waals surface area contributed by atoms with Gasteiger partial charge in [0.25, 0.3) is 0 Å². The van der Waals surface area contributed by atoms with Crippen molar-refractivity contribution < 1.29 is 4.79 Å². The quantitative estimate of drug-likeness (QED) is 0.631. The molecule has 1 heterocycles. The minimum atomic E-state index is 0.173. The largest absolute Gasteiger partial charge is 0.338 e. The third-order valence-corrected chi connectivity index (χ3v) is 1.88. The molecule has 0 spiro atoms. The van der Waals surface area contributed by atoms with Gasteiger partial charge < -0.3 is 10.6 Å². The fourth-order valence-electron chi connectivity index (χ4n) is 1.26. The number of nitrogens with two attached hydrogens (primary N) is 1. The molecule has 0 aromatic heterocycles. The Morgan fingerprint density at radius 3 is 2.91 bits per heavy atom. The summed E-state index contributed by atoms with van der Waals surface area (Å²) >= 11 is 0. The van der Waals surface area contributed by atoms with Gasteiger partial charge in [-0.25, -0.2) is 0 Å². The number of hydrogen-bond acceptors (Lipinski definition) is 2. The van der Waals surface area contributed by atoms with Crippen LogP contribution in [-0.2, 0) is 4.79 Å². The van der Waals surface area contributed by atoms with Crippen molar-refractivity contribution in [3.8, 4) is 0 Å². The highest BCUT2D eigenvalue weighted by atomic mass is 16.2. The first-order valence-corrected chi connectivity index (χ1v) is 4.17. The number of likely N-dealkylation sites (tertiary alicyclic amines) is 1. The molecule has 3 heteroatoms. The van der Waals surface area contributed by atoms with Crippen molar-refractivity contribution in [3.05, 3.63) is 6.54 Å². The topological polar surface area (TPSA) is 46.3 Å². The Bertz CT molecular complexity index is 130. The molecule has 0 unspecified atom stereocenters. The summed E-state index contributed by atoms with van der Waals surface area (Å²) in [4.78, 5) is 13.0.